The van der Waals surface area contributed by atoms with Crippen LogP contribution in [-0.2, 0) is 17.4 Å². The van der Waals surface area contributed by atoms with E-state index < -0.39 is 6.10 Å². The quantitative estimate of drug-likeness (QED) is 0.611. The normalized spacial score (nSPS) is 18.6. The van der Waals surface area contributed by atoms with Gasteiger partial charge in [0.1, 0.15) is 6.10 Å². The Labute approximate surface area is 167 Å². The van der Waals surface area contributed by atoms with E-state index in [9.17, 15) is 10.2 Å². The van der Waals surface area contributed by atoms with Crippen LogP contribution in [0.5, 0.6) is 0 Å². The first-order valence-corrected chi connectivity index (χ1v) is 10.2. The predicted molar refractivity (Wildman–Crippen MR) is 116 cm³/mol. The maximum absolute atomic E-state index is 11.1. The first-order chi connectivity index (χ1) is 13.2. The molecule has 2 N–H and O–H groups in total. The molecular formula is C26H30O2. The van der Waals surface area contributed by atoms with E-state index in [1.54, 1.807) is 0 Å². The fourth-order valence-electron chi connectivity index (χ4n) is 4.55. The molecule has 0 bridgehead atoms. The maximum Gasteiger partial charge on any atom is 0.104 e. The number of rotatable bonds is 3. The van der Waals surface area contributed by atoms with E-state index in [0.29, 0.717) is 0 Å². The largest absolute Gasteiger partial charge is 0.392 e. The Kier molecular flexibility index (Phi) is 4.60. The molecule has 1 aliphatic rings. The molecule has 3 aromatic carbocycles. The van der Waals surface area contributed by atoms with E-state index in [0.717, 1.165) is 33.9 Å². The van der Waals surface area contributed by atoms with Gasteiger partial charge < -0.3 is 10.2 Å². The SMILES string of the molecule is CC1(C)CCC(C)(C)c2cc(C(O)c3ccc4cc(CO)ccc4c3)ccc21. The van der Waals surface area contributed by atoms with Crippen LogP contribution in [0.3, 0.4) is 0 Å². The van der Waals surface area contributed by atoms with E-state index in [2.05, 4.69) is 52.0 Å². The van der Waals surface area contributed by atoms with Crippen molar-refractivity contribution >= 4 is 10.8 Å². The lowest BCUT2D eigenvalue weighted by Crippen LogP contribution is -2.34. The zero-order chi connectivity index (χ0) is 20.1. The molecule has 0 fully saturated rings. The zero-order valence-corrected chi connectivity index (χ0v) is 17.3. The fraction of sp³-hybridized carbons (Fsp3) is 0.385. The van der Waals surface area contributed by atoms with Crippen LogP contribution < -0.4 is 0 Å². The van der Waals surface area contributed by atoms with Crippen molar-refractivity contribution in [1.82, 2.24) is 0 Å². The van der Waals surface area contributed by atoms with Gasteiger partial charge >= 0.3 is 0 Å². The van der Waals surface area contributed by atoms with Crippen LogP contribution in [0, 0.1) is 0 Å². The second-order valence-corrected chi connectivity index (χ2v) is 9.57. The van der Waals surface area contributed by atoms with Gasteiger partial charge in [-0.1, -0.05) is 70.2 Å². The lowest BCUT2D eigenvalue weighted by molar-refractivity contribution is 0.219. The summed E-state index contributed by atoms with van der Waals surface area (Å²) >= 11 is 0. The van der Waals surface area contributed by atoms with Gasteiger partial charge in [-0.3, -0.25) is 0 Å². The van der Waals surface area contributed by atoms with Gasteiger partial charge in [0.15, 0.2) is 0 Å². The Hall–Kier alpha value is -2.16. The molecule has 1 aliphatic carbocycles. The molecule has 0 amide bonds. The van der Waals surface area contributed by atoms with Gasteiger partial charge in [0.25, 0.3) is 0 Å². The Morgan fingerprint density at radius 1 is 0.750 bits per heavy atom. The van der Waals surface area contributed by atoms with Gasteiger partial charge in [0.05, 0.1) is 6.61 Å². The highest BCUT2D eigenvalue weighted by Crippen LogP contribution is 2.46. The molecule has 146 valence electrons. The molecule has 2 nitrogen and oxygen atoms in total. The second-order valence-electron chi connectivity index (χ2n) is 9.57. The van der Waals surface area contributed by atoms with Crippen LogP contribution >= 0.6 is 0 Å². The summed E-state index contributed by atoms with van der Waals surface area (Å²) in [6, 6.07) is 18.5. The Balaban J connectivity index is 1.74. The lowest BCUT2D eigenvalue weighted by atomic mass is 9.63. The highest BCUT2D eigenvalue weighted by atomic mass is 16.3. The molecule has 0 heterocycles. The second kappa shape index (κ2) is 6.72. The molecule has 0 saturated heterocycles. The van der Waals surface area contributed by atoms with E-state index >= 15 is 0 Å². The van der Waals surface area contributed by atoms with E-state index in [1.165, 1.54) is 17.5 Å². The third kappa shape index (κ3) is 3.25. The number of fused-ring (bicyclic) bond motifs is 2. The molecule has 1 unspecified atom stereocenters. The molecule has 0 aromatic heterocycles. The molecule has 0 radical (unpaired) electrons. The number of hydrogen-bond donors (Lipinski definition) is 2. The van der Waals surface area contributed by atoms with Gasteiger partial charge in [-0.2, -0.15) is 0 Å². The third-order valence-electron chi connectivity index (χ3n) is 6.62. The molecule has 4 rings (SSSR count). The van der Waals surface area contributed by atoms with Gasteiger partial charge in [0, 0.05) is 0 Å². The number of aliphatic hydroxyl groups is 2. The van der Waals surface area contributed by atoms with E-state index in [1.807, 2.05) is 30.3 Å². The fourth-order valence-corrected chi connectivity index (χ4v) is 4.55. The monoisotopic (exact) mass is 374 g/mol. The Morgan fingerprint density at radius 3 is 2.04 bits per heavy atom. The van der Waals surface area contributed by atoms with Crippen LogP contribution in [-0.4, -0.2) is 10.2 Å². The van der Waals surface area contributed by atoms with Crippen LogP contribution in [0.4, 0.5) is 0 Å². The summed E-state index contributed by atoms with van der Waals surface area (Å²) in [6.45, 7) is 9.31. The summed E-state index contributed by atoms with van der Waals surface area (Å²) in [6.07, 6.45) is 1.71. The predicted octanol–water partition coefficient (Wildman–Crippen LogP) is 5.76. The number of hydrogen-bond acceptors (Lipinski definition) is 2. The van der Waals surface area contributed by atoms with Crippen molar-refractivity contribution in [3.05, 3.63) is 82.4 Å². The van der Waals surface area contributed by atoms with Crippen LogP contribution in [0.1, 0.15) is 74.5 Å². The molecule has 28 heavy (non-hydrogen) atoms. The molecule has 0 spiro atoms. The van der Waals surface area contributed by atoms with E-state index in [4.69, 9.17) is 0 Å². The van der Waals surface area contributed by atoms with Crippen LogP contribution in [0.15, 0.2) is 54.6 Å². The van der Waals surface area contributed by atoms with Crippen LogP contribution in [0.25, 0.3) is 10.8 Å². The minimum absolute atomic E-state index is 0.0432. The minimum atomic E-state index is -0.645. The summed E-state index contributed by atoms with van der Waals surface area (Å²) < 4.78 is 0. The first kappa shape index (κ1) is 19.2. The Bertz CT molecular complexity index is 1030. The molecule has 0 saturated carbocycles. The molecule has 3 aromatic rings. The van der Waals surface area contributed by atoms with Crippen molar-refractivity contribution < 1.29 is 10.2 Å². The van der Waals surface area contributed by atoms with Crippen molar-refractivity contribution in [1.29, 1.82) is 0 Å². The highest BCUT2D eigenvalue weighted by Gasteiger charge is 2.37. The van der Waals surface area contributed by atoms with Crippen molar-refractivity contribution in [3.8, 4) is 0 Å². The summed E-state index contributed by atoms with van der Waals surface area (Å²) in [7, 11) is 0. The summed E-state index contributed by atoms with van der Waals surface area (Å²) in [5.74, 6) is 0. The summed E-state index contributed by atoms with van der Waals surface area (Å²) in [5.41, 5.74) is 5.85. The van der Waals surface area contributed by atoms with Gasteiger partial charge in [-0.25, -0.2) is 0 Å². The summed E-state index contributed by atoms with van der Waals surface area (Å²) in [5, 5.41) is 22.6. The molecule has 1 atom stereocenters. The zero-order valence-electron chi connectivity index (χ0n) is 17.3. The van der Waals surface area contributed by atoms with Gasteiger partial charge in [-0.05, 0) is 74.4 Å². The maximum atomic E-state index is 11.1. The number of benzene rings is 3. The first-order valence-electron chi connectivity index (χ1n) is 10.2. The van der Waals surface area contributed by atoms with Crippen LogP contribution in [0.2, 0.25) is 0 Å². The van der Waals surface area contributed by atoms with Crippen molar-refractivity contribution in [3.63, 3.8) is 0 Å². The van der Waals surface area contributed by atoms with Crippen molar-refractivity contribution in [2.24, 2.45) is 0 Å². The summed E-state index contributed by atoms with van der Waals surface area (Å²) in [4.78, 5) is 0. The smallest absolute Gasteiger partial charge is 0.104 e. The standard InChI is InChI=1S/C26H30O2/c1-25(2)11-12-26(3,4)23-15-21(9-10-22(23)25)24(28)20-8-7-18-13-17(16-27)5-6-19(18)14-20/h5-10,13-15,24,27-28H,11-12,16H2,1-4H3. The van der Waals surface area contributed by atoms with Crippen molar-refractivity contribution in [2.75, 3.05) is 0 Å². The van der Waals surface area contributed by atoms with Gasteiger partial charge in [-0.15, -0.1) is 0 Å². The van der Waals surface area contributed by atoms with Gasteiger partial charge in [0.2, 0.25) is 0 Å². The number of aliphatic hydroxyl groups excluding tert-OH is 2. The highest BCUT2D eigenvalue weighted by molar-refractivity contribution is 5.84. The third-order valence-corrected chi connectivity index (χ3v) is 6.62. The minimum Gasteiger partial charge on any atom is -0.392 e. The molecular weight excluding hydrogens is 344 g/mol. The average Bonchev–Trinajstić information content (AvgIpc) is 2.70. The molecule has 2 heteroatoms. The topological polar surface area (TPSA) is 40.5 Å². The molecule has 0 aliphatic heterocycles. The lowest BCUT2D eigenvalue weighted by Gasteiger charge is -2.42. The van der Waals surface area contributed by atoms with Crippen molar-refractivity contribution in [2.45, 2.75) is 64.1 Å². The van der Waals surface area contributed by atoms with E-state index in [-0.39, 0.29) is 17.4 Å². The Morgan fingerprint density at radius 2 is 1.32 bits per heavy atom. The average molecular weight is 375 g/mol.